The molecule has 7 aromatic rings. The van der Waals surface area contributed by atoms with Crippen molar-refractivity contribution >= 4 is 29.9 Å². The van der Waals surface area contributed by atoms with E-state index in [0.29, 0.717) is 0 Å². The number of hydrogen-bond acceptors (Lipinski definition) is 0. The van der Waals surface area contributed by atoms with E-state index in [1.165, 1.54) is 166 Å². The summed E-state index contributed by atoms with van der Waals surface area (Å²) < 4.78 is 0. The van der Waals surface area contributed by atoms with Crippen molar-refractivity contribution in [3.05, 3.63) is 440 Å². The van der Waals surface area contributed by atoms with Crippen LogP contribution in [0.5, 0.6) is 0 Å². The van der Waals surface area contributed by atoms with Gasteiger partial charge in [0.15, 0.2) is 0 Å². The van der Waals surface area contributed by atoms with Crippen LogP contribution < -0.4 is 10.4 Å². The molecule has 10 aliphatic carbocycles. The van der Waals surface area contributed by atoms with Crippen molar-refractivity contribution in [2.75, 3.05) is 0 Å². The van der Waals surface area contributed by atoms with Gasteiger partial charge in [-0.25, -0.2) is 0 Å². The molecule has 0 bridgehead atoms. The summed E-state index contributed by atoms with van der Waals surface area (Å²) >= 11 is 0. The molecular weight excluding hydrogens is 1130 g/mol. The summed E-state index contributed by atoms with van der Waals surface area (Å²) in [4.78, 5) is 0. The SMILES string of the molecule is C1=CC2=C(C1)CC=C2.C1=CC2=C(C=CC2)C1.C1=CCc2ccccc2C1.C1=Cc2ccccc2CC1.C=C.C=C.C=C.C=C.C=C.C=C.C=C1C=Cc2ccccc21.C=C1C=c2ccccc2=C1.c1ccc2c(c1)CCCCC2.c1ccc2c(c1)CCc1ccccc1C2. The Kier molecular flexibility index (Phi) is 37.3. The summed E-state index contributed by atoms with van der Waals surface area (Å²) in [6, 6.07) is 60.3. The number of hydrogen-bond donors (Lipinski definition) is 0. The third-order valence-corrected chi connectivity index (χ3v) is 16.6. The monoisotopic (exact) mass is 1230 g/mol. The fourth-order valence-electron chi connectivity index (χ4n) is 12.0. The molecule has 17 rings (SSSR count). The highest BCUT2D eigenvalue weighted by Gasteiger charge is 2.13. The van der Waals surface area contributed by atoms with E-state index in [-0.39, 0.29) is 0 Å². The van der Waals surface area contributed by atoms with Gasteiger partial charge in [0.05, 0.1) is 0 Å². The van der Waals surface area contributed by atoms with Crippen molar-refractivity contribution < 1.29 is 0 Å². The molecule has 0 spiro atoms. The Bertz CT molecular complexity index is 3710. The van der Waals surface area contributed by atoms with E-state index in [1.54, 1.807) is 16.7 Å². The summed E-state index contributed by atoms with van der Waals surface area (Å²) in [5, 5.41) is 2.57. The van der Waals surface area contributed by atoms with Crippen molar-refractivity contribution in [1.29, 1.82) is 0 Å². The first-order valence-corrected chi connectivity index (χ1v) is 33.2. The zero-order valence-corrected chi connectivity index (χ0v) is 56.6. The molecule has 0 saturated carbocycles. The molecule has 0 atom stereocenters. The summed E-state index contributed by atoms with van der Waals surface area (Å²) in [6.45, 7) is 43.8. The van der Waals surface area contributed by atoms with E-state index in [9.17, 15) is 0 Å². The van der Waals surface area contributed by atoms with Crippen LogP contribution in [0, 0.1) is 0 Å². The van der Waals surface area contributed by atoms with Crippen molar-refractivity contribution in [2.24, 2.45) is 0 Å². The van der Waals surface area contributed by atoms with Crippen molar-refractivity contribution in [2.45, 2.75) is 103 Å². The van der Waals surface area contributed by atoms with Crippen molar-refractivity contribution in [3.63, 3.8) is 0 Å². The maximum atomic E-state index is 3.91. The first-order chi connectivity index (χ1) is 46.5. The third kappa shape index (κ3) is 24.8. The Morgan fingerprint density at radius 2 is 0.660 bits per heavy atom. The zero-order valence-electron chi connectivity index (χ0n) is 56.6. The molecule has 0 unspecified atom stereocenters. The quantitative estimate of drug-likeness (QED) is 0.105. The number of allylic oxidation sites excluding steroid dienone is 18. The normalized spacial score (nSPS) is 14.5. The third-order valence-electron chi connectivity index (χ3n) is 16.6. The minimum Gasteiger partial charge on any atom is -0.106 e. The van der Waals surface area contributed by atoms with Gasteiger partial charge in [0, 0.05) is 0 Å². The van der Waals surface area contributed by atoms with E-state index in [0.717, 1.165) is 30.4 Å². The van der Waals surface area contributed by atoms with Crippen LogP contribution in [0.1, 0.15) is 118 Å². The average molecular weight is 1230 g/mol. The molecule has 94 heavy (non-hydrogen) atoms. The maximum absolute atomic E-state index is 3.91. The van der Waals surface area contributed by atoms with E-state index < -0.39 is 0 Å². The first kappa shape index (κ1) is 76.3. The summed E-state index contributed by atoms with van der Waals surface area (Å²) in [5.74, 6) is 0. The molecule has 7 aromatic carbocycles. The zero-order chi connectivity index (χ0) is 68.0. The molecule has 0 heterocycles. The van der Waals surface area contributed by atoms with E-state index in [4.69, 9.17) is 0 Å². The highest BCUT2D eigenvalue weighted by Crippen LogP contribution is 2.30. The largest absolute Gasteiger partial charge is 0.106 e. The van der Waals surface area contributed by atoms with E-state index in [1.807, 2.05) is 30.3 Å². The van der Waals surface area contributed by atoms with Crippen LogP contribution in [0.4, 0.5) is 0 Å². The number of fused-ring (bicyclic) bond motifs is 7. The van der Waals surface area contributed by atoms with Crippen LogP contribution in [0.3, 0.4) is 0 Å². The Labute approximate surface area is 569 Å². The number of benzene rings is 7. The second-order valence-corrected chi connectivity index (χ2v) is 22.3. The minimum atomic E-state index is 1.10. The standard InChI is InChI=1S/C15H14.C11H14.2C10H8.2C10H10.2C8H8.6C2H4/c1-3-7-14-11-15-8-4-2-6-13(15)10-9-12(14)5-1;1-2-6-10-8-4-5-9-11(10)7-3-1;1-8-6-9-4-2-3-5-10(9)7-8;1-8-6-7-9-4-2-3-5-10(8)9;2*1-2-6-10-8-4-3-7-9(10)5-1;2*1-3-7-5-2-6-8(7)4-1;6*1-2/h1-8H,9-11H2;4-5,8-9H,1-3,6-7H2;2*2-7H,1H2;1-3,5-7H,4,8H2;1-6H,7-8H2;1-3,6H,4-5H2;1-3,5H,4,6H2;6*1-2H2. The highest BCUT2D eigenvalue weighted by atomic mass is 14.2. The lowest BCUT2D eigenvalue weighted by molar-refractivity contribution is 0.711. The van der Waals surface area contributed by atoms with Gasteiger partial charge in [-0.15, -0.1) is 78.9 Å². The summed E-state index contributed by atoms with van der Waals surface area (Å²) in [7, 11) is 0. The molecule has 0 N–H and O–H groups in total. The number of rotatable bonds is 0. The smallest absolute Gasteiger partial charge is 0.00203 e. The van der Waals surface area contributed by atoms with E-state index >= 15 is 0 Å². The Morgan fingerprint density at radius 3 is 1.12 bits per heavy atom. The van der Waals surface area contributed by atoms with Gasteiger partial charge in [-0.2, -0.15) is 0 Å². The van der Waals surface area contributed by atoms with Gasteiger partial charge in [0.25, 0.3) is 0 Å². The molecule has 0 aromatic heterocycles. The Balaban J connectivity index is 0.000000225. The van der Waals surface area contributed by atoms with Gasteiger partial charge < -0.3 is 0 Å². The lowest BCUT2D eigenvalue weighted by atomic mass is 9.97. The van der Waals surface area contributed by atoms with Gasteiger partial charge in [0.1, 0.15) is 0 Å². The molecule has 0 aliphatic heterocycles. The van der Waals surface area contributed by atoms with Crippen LogP contribution in [-0.2, 0) is 51.4 Å². The van der Waals surface area contributed by atoms with Gasteiger partial charge in [-0.05, 0) is 214 Å². The van der Waals surface area contributed by atoms with Gasteiger partial charge >= 0.3 is 0 Å². The summed E-state index contributed by atoms with van der Waals surface area (Å²) in [6.07, 6.45) is 54.7. The lowest BCUT2D eigenvalue weighted by Crippen LogP contribution is -2.19. The lowest BCUT2D eigenvalue weighted by Gasteiger charge is -2.08. The predicted octanol–water partition coefficient (Wildman–Crippen LogP) is 24.1. The van der Waals surface area contributed by atoms with Crippen LogP contribution in [0.2, 0.25) is 0 Å². The van der Waals surface area contributed by atoms with Crippen LogP contribution in [0.15, 0.2) is 363 Å². The topological polar surface area (TPSA) is 0 Å². The van der Waals surface area contributed by atoms with Crippen LogP contribution >= 0.6 is 0 Å². The van der Waals surface area contributed by atoms with Crippen LogP contribution in [-0.4, -0.2) is 0 Å². The molecule has 0 nitrogen and oxygen atoms in total. The number of aryl methyl sites for hydroxylation is 5. The molecular formula is C94H104. The molecule has 0 amide bonds. The fourth-order valence-corrected chi connectivity index (χ4v) is 12.0. The molecule has 480 valence electrons. The predicted molar refractivity (Wildman–Crippen MR) is 422 cm³/mol. The van der Waals surface area contributed by atoms with Gasteiger partial charge in [-0.3, -0.25) is 0 Å². The molecule has 0 heteroatoms. The average Bonchev–Trinajstić information content (AvgIpc) is 2.24. The highest BCUT2D eigenvalue weighted by molar-refractivity contribution is 5.88. The maximum Gasteiger partial charge on any atom is -0.00203 e. The Hall–Kier alpha value is -10.1. The molecule has 0 fully saturated rings. The minimum absolute atomic E-state index is 1.10. The fraction of sp³-hybridized carbons (Fsp3) is 0.170. The van der Waals surface area contributed by atoms with E-state index in [2.05, 4.69) is 329 Å². The summed E-state index contributed by atoms with van der Waals surface area (Å²) in [5.41, 5.74) is 26.0. The van der Waals surface area contributed by atoms with Gasteiger partial charge in [0.2, 0.25) is 0 Å². The second kappa shape index (κ2) is 46.0. The molecule has 0 radical (unpaired) electrons. The molecule has 10 aliphatic rings. The second-order valence-electron chi connectivity index (χ2n) is 22.3. The first-order valence-electron chi connectivity index (χ1n) is 33.2. The Morgan fingerprint density at radius 1 is 0.266 bits per heavy atom. The van der Waals surface area contributed by atoms with Gasteiger partial charge in [-0.1, -0.05) is 280 Å². The van der Waals surface area contributed by atoms with Crippen molar-refractivity contribution in [3.8, 4) is 0 Å². The van der Waals surface area contributed by atoms with Crippen LogP contribution in [0.25, 0.3) is 29.9 Å². The van der Waals surface area contributed by atoms with Crippen molar-refractivity contribution in [1.82, 2.24) is 0 Å². The molecule has 0 saturated heterocycles.